The van der Waals surface area contributed by atoms with E-state index in [9.17, 15) is 14.7 Å². The smallest absolute Gasteiger partial charge is 0.356 e. The summed E-state index contributed by atoms with van der Waals surface area (Å²) in [6.07, 6.45) is 1.95. The van der Waals surface area contributed by atoms with Crippen LogP contribution in [-0.2, 0) is 16.0 Å². The van der Waals surface area contributed by atoms with Crippen molar-refractivity contribution in [3.63, 3.8) is 0 Å². The Hall–Kier alpha value is -2.63. The van der Waals surface area contributed by atoms with Gasteiger partial charge in [0, 0.05) is 5.56 Å². The highest BCUT2D eigenvalue weighted by atomic mass is 16.5. The summed E-state index contributed by atoms with van der Waals surface area (Å²) in [6.45, 7) is 0. The van der Waals surface area contributed by atoms with Gasteiger partial charge >= 0.3 is 11.9 Å². The highest BCUT2D eigenvalue weighted by Gasteiger charge is 2.34. The third-order valence-corrected chi connectivity index (χ3v) is 3.92. The molecule has 0 spiro atoms. The largest absolute Gasteiger partial charge is 0.476 e. The number of carboxylic acid groups (broad SMARTS) is 1. The van der Waals surface area contributed by atoms with Crippen molar-refractivity contribution in [2.75, 3.05) is 7.11 Å². The van der Waals surface area contributed by atoms with E-state index in [1.54, 1.807) is 4.57 Å². The van der Waals surface area contributed by atoms with Gasteiger partial charge in [0.05, 0.1) is 12.8 Å². The van der Waals surface area contributed by atoms with Crippen LogP contribution in [-0.4, -0.2) is 33.7 Å². The molecule has 1 aliphatic rings. The maximum Gasteiger partial charge on any atom is 0.356 e. The second-order valence-corrected chi connectivity index (χ2v) is 5.20. The van der Waals surface area contributed by atoms with E-state index < -0.39 is 12.0 Å². The molecule has 0 radical (unpaired) electrons. The van der Waals surface area contributed by atoms with Crippen LogP contribution in [0.25, 0.3) is 11.4 Å². The number of aromatic nitrogens is 2. The maximum absolute atomic E-state index is 12.1. The zero-order valence-electron chi connectivity index (χ0n) is 12.2. The number of imidazole rings is 1. The number of carbonyl (C=O) groups excluding carboxylic acids is 1. The fraction of sp³-hybridized carbons (Fsp3) is 0.312. The van der Waals surface area contributed by atoms with E-state index in [1.807, 2.05) is 30.3 Å². The number of esters is 1. The van der Waals surface area contributed by atoms with Crippen LogP contribution < -0.4 is 0 Å². The Morgan fingerprint density at radius 2 is 2.05 bits per heavy atom. The topological polar surface area (TPSA) is 81.4 Å². The monoisotopic (exact) mass is 300 g/mol. The van der Waals surface area contributed by atoms with Crippen molar-refractivity contribution in [2.45, 2.75) is 25.3 Å². The minimum Gasteiger partial charge on any atom is -0.476 e. The highest BCUT2D eigenvalue weighted by molar-refractivity contribution is 5.88. The van der Waals surface area contributed by atoms with E-state index in [1.165, 1.54) is 7.11 Å². The SMILES string of the molecule is COC(=O)C1CCCc2c(C(=O)O)nc(-c3ccccc3)n21. The first-order chi connectivity index (χ1) is 10.6. The Kier molecular flexibility index (Phi) is 3.66. The van der Waals surface area contributed by atoms with Gasteiger partial charge in [-0.25, -0.2) is 14.6 Å². The van der Waals surface area contributed by atoms with Gasteiger partial charge in [-0.3, -0.25) is 0 Å². The van der Waals surface area contributed by atoms with Crippen molar-refractivity contribution in [3.05, 3.63) is 41.7 Å². The molecule has 0 aliphatic carbocycles. The molecule has 0 fully saturated rings. The van der Waals surface area contributed by atoms with Crippen molar-refractivity contribution >= 4 is 11.9 Å². The number of nitrogens with zero attached hydrogens (tertiary/aromatic N) is 2. The third-order valence-electron chi connectivity index (χ3n) is 3.92. The van der Waals surface area contributed by atoms with Gasteiger partial charge in [0.25, 0.3) is 0 Å². The molecule has 6 nitrogen and oxygen atoms in total. The zero-order chi connectivity index (χ0) is 15.7. The lowest BCUT2D eigenvalue weighted by atomic mass is 10.0. The van der Waals surface area contributed by atoms with Gasteiger partial charge < -0.3 is 14.4 Å². The molecule has 2 aromatic rings. The molecule has 0 saturated carbocycles. The van der Waals surface area contributed by atoms with Crippen LogP contribution in [0.2, 0.25) is 0 Å². The van der Waals surface area contributed by atoms with E-state index >= 15 is 0 Å². The minimum absolute atomic E-state index is 0.0208. The van der Waals surface area contributed by atoms with Crippen LogP contribution in [0.15, 0.2) is 30.3 Å². The van der Waals surface area contributed by atoms with E-state index in [0.717, 1.165) is 12.0 Å². The summed E-state index contributed by atoms with van der Waals surface area (Å²) >= 11 is 0. The van der Waals surface area contributed by atoms with Crippen molar-refractivity contribution in [1.82, 2.24) is 9.55 Å². The lowest BCUT2D eigenvalue weighted by Crippen LogP contribution is -2.27. The van der Waals surface area contributed by atoms with Crippen LogP contribution in [0.5, 0.6) is 0 Å². The average molecular weight is 300 g/mol. The number of fused-ring (bicyclic) bond motifs is 1. The first kappa shape index (κ1) is 14.3. The van der Waals surface area contributed by atoms with Crippen molar-refractivity contribution in [1.29, 1.82) is 0 Å². The molecule has 1 N–H and O–H groups in total. The third kappa shape index (κ3) is 2.26. The number of carboxylic acids is 1. The second-order valence-electron chi connectivity index (χ2n) is 5.20. The summed E-state index contributed by atoms with van der Waals surface area (Å²) in [7, 11) is 1.34. The number of benzene rings is 1. The summed E-state index contributed by atoms with van der Waals surface area (Å²) in [4.78, 5) is 27.8. The Labute approximate surface area is 127 Å². The van der Waals surface area contributed by atoms with Gasteiger partial charge in [-0.15, -0.1) is 0 Å². The van der Waals surface area contributed by atoms with Crippen LogP contribution in [0, 0.1) is 0 Å². The standard InChI is InChI=1S/C16H16N2O4/c1-22-16(21)12-9-5-8-11-13(15(19)20)17-14(18(11)12)10-6-3-2-4-7-10/h2-4,6-7,12H,5,8-9H2,1H3,(H,19,20). The zero-order valence-corrected chi connectivity index (χ0v) is 12.2. The van der Waals surface area contributed by atoms with E-state index in [2.05, 4.69) is 4.98 Å². The average Bonchev–Trinajstić information content (AvgIpc) is 2.95. The molecule has 1 aromatic carbocycles. The molecular formula is C16H16N2O4. The number of hydrogen-bond acceptors (Lipinski definition) is 4. The minimum atomic E-state index is -1.07. The summed E-state index contributed by atoms with van der Waals surface area (Å²) in [5.74, 6) is -0.938. The predicted molar refractivity (Wildman–Crippen MR) is 78.6 cm³/mol. The Balaban J connectivity index is 2.22. The Morgan fingerprint density at radius 1 is 1.32 bits per heavy atom. The maximum atomic E-state index is 12.1. The quantitative estimate of drug-likeness (QED) is 0.880. The van der Waals surface area contributed by atoms with Crippen LogP contribution in [0.4, 0.5) is 0 Å². The van der Waals surface area contributed by atoms with Gasteiger partial charge in [0.2, 0.25) is 0 Å². The van der Waals surface area contributed by atoms with Crippen molar-refractivity contribution < 1.29 is 19.4 Å². The molecule has 1 unspecified atom stereocenters. The molecule has 3 rings (SSSR count). The van der Waals surface area contributed by atoms with Gasteiger partial charge in [-0.05, 0) is 19.3 Å². The summed E-state index contributed by atoms with van der Waals surface area (Å²) < 4.78 is 6.60. The number of rotatable bonds is 3. The first-order valence-electron chi connectivity index (χ1n) is 7.11. The van der Waals surface area contributed by atoms with E-state index in [4.69, 9.17) is 4.74 Å². The molecule has 0 bridgehead atoms. The Bertz CT molecular complexity index is 721. The molecule has 2 heterocycles. The number of methoxy groups -OCH3 is 1. The lowest BCUT2D eigenvalue weighted by Gasteiger charge is -2.25. The predicted octanol–water partition coefficient (Wildman–Crippen LogP) is 2.30. The number of carbonyl (C=O) groups is 2. The van der Waals surface area contributed by atoms with Gasteiger partial charge in [-0.2, -0.15) is 0 Å². The van der Waals surface area contributed by atoms with E-state index in [0.29, 0.717) is 24.4 Å². The molecule has 1 aliphatic heterocycles. The lowest BCUT2D eigenvalue weighted by molar-refractivity contribution is -0.145. The fourth-order valence-electron chi connectivity index (χ4n) is 2.95. The molecule has 114 valence electrons. The molecular weight excluding hydrogens is 284 g/mol. The summed E-state index contributed by atoms with van der Waals surface area (Å²) in [6, 6.07) is 8.76. The van der Waals surface area contributed by atoms with Crippen LogP contribution in [0.1, 0.15) is 35.1 Å². The first-order valence-corrected chi connectivity index (χ1v) is 7.11. The summed E-state index contributed by atoms with van der Waals surface area (Å²) in [5, 5.41) is 9.39. The molecule has 1 atom stereocenters. The number of aromatic carboxylic acids is 1. The van der Waals surface area contributed by atoms with Gasteiger partial charge in [0.1, 0.15) is 11.9 Å². The molecule has 6 heteroatoms. The molecule has 0 saturated heterocycles. The Morgan fingerprint density at radius 3 is 2.68 bits per heavy atom. The summed E-state index contributed by atoms with van der Waals surface area (Å²) in [5.41, 5.74) is 1.40. The van der Waals surface area contributed by atoms with E-state index in [-0.39, 0.29) is 11.7 Å². The number of ether oxygens (including phenoxy) is 1. The highest BCUT2D eigenvalue weighted by Crippen LogP contribution is 2.34. The fourth-order valence-corrected chi connectivity index (χ4v) is 2.95. The van der Waals surface area contributed by atoms with Crippen molar-refractivity contribution in [2.24, 2.45) is 0 Å². The van der Waals surface area contributed by atoms with Gasteiger partial charge in [0.15, 0.2) is 5.69 Å². The number of hydrogen-bond donors (Lipinski definition) is 1. The second kappa shape index (κ2) is 5.63. The van der Waals surface area contributed by atoms with Gasteiger partial charge in [-0.1, -0.05) is 30.3 Å². The molecule has 22 heavy (non-hydrogen) atoms. The normalized spacial score (nSPS) is 16.9. The molecule has 0 amide bonds. The van der Waals surface area contributed by atoms with Crippen molar-refractivity contribution in [3.8, 4) is 11.4 Å². The molecule has 1 aromatic heterocycles. The van der Waals surface area contributed by atoms with Crippen LogP contribution >= 0.6 is 0 Å². The van der Waals surface area contributed by atoms with Crippen LogP contribution in [0.3, 0.4) is 0 Å².